The first-order valence-electron chi connectivity index (χ1n) is 7.31. The average Bonchev–Trinajstić information content (AvgIpc) is 2.56. The van der Waals surface area contributed by atoms with Crippen LogP contribution in [0, 0.1) is 5.82 Å². The lowest BCUT2D eigenvalue weighted by Crippen LogP contribution is -2.18. The van der Waals surface area contributed by atoms with Gasteiger partial charge >= 0.3 is 5.97 Å². The molecule has 0 heterocycles. The zero-order valence-electron chi connectivity index (χ0n) is 13.2. The minimum atomic E-state index is -0.798. The maximum atomic E-state index is 12.9. The smallest absolute Gasteiger partial charge is 0.343 e. The highest BCUT2D eigenvalue weighted by Crippen LogP contribution is 2.24. The Hall–Kier alpha value is -2.37. The third kappa shape index (κ3) is 5.05. The van der Waals surface area contributed by atoms with Gasteiger partial charge in [-0.05, 0) is 49.4 Å². The van der Waals surface area contributed by atoms with Crippen LogP contribution in [0.5, 0.6) is 0 Å². The Morgan fingerprint density at radius 1 is 1.16 bits per heavy atom. The Morgan fingerprint density at radius 2 is 1.84 bits per heavy atom. The van der Waals surface area contributed by atoms with Crippen LogP contribution < -0.4 is 5.32 Å². The maximum absolute atomic E-state index is 12.9. The lowest BCUT2D eigenvalue weighted by molar-refractivity contribution is -0.138. The molecular formula is C18H14Cl2FNO3. The molecule has 7 heteroatoms. The Bertz CT molecular complexity index is 820. The average molecular weight is 382 g/mol. The number of halogens is 3. The number of esters is 1. The molecule has 0 aliphatic rings. The molecule has 0 saturated heterocycles. The molecule has 0 aliphatic carbocycles. The van der Waals surface area contributed by atoms with Crippen LogP contribution >= 0.6 is 23.2 Å². The highest BCUT2D eigenvalue weighted by atomic mass is 35.5. The molecule has 0 unspecified atom stereocenters. The van der Waals surface area contributed by atoms with Crippen LogP contribution in [0.25, 0.3) is 0 Å². The molecule has 25 heavy (non-hydrogen) atoms. The fourth-order valence-electron chi connectivity index (χ4n) is 1.95. The number of anilines is 1. The monoisotopic (exact) mass is 381 g/mol. The van der Waals surface area contributed by atoms with E-state index in [0.29, 0.717) is 10.7 Å². The van der Waals surface area contributed by atoms with E-state index < -0.39 is 17.6 Å². The van der Waals surface area contributed by atoms with Gasteiger partial charge in [0.2, 0.25) is 5.78 Å². The van der Waals surface area contributed by atoms with Crippen molar-refractivity contribution in [3.8, 4) is 0 Å². The summed E-state index contributed by atoms with van der Waals surface area (Å²) in [5, 5.41) is 3.26. The lowest BCUT2D eigenvalue weighted by Gasteiger charge is -2.09. The summed E-state index contributed by atoms with van der Waals surface area (Å²) in [5.74, 6) is -1.81. The predicted molar refractivity (Wildman–Crippen MR) is 95.5 cm³/mol. The van der Waals surface area contributed by atoms with Gasteiger partial charge in [0.15, 0.2) is 0 Å². The van der Waals surface area contributed by atoms with E-state index in [1.807, 2.05) is 0 Å². The van der Waals surface area contributed by atoms with Crippen molar-refractivity contribution in [3.05, 3.63) is 75.7 Å². The van der Waals surface area contributed by atoms with Crippen LogP contribution in [0.1, 0.15) is 17.3 Å². The second-order valence-corrected chi connectivity index (χ2v) is 5.73. The molecule has 0 spiro atoms. The summed E-state index contributed by atoms with van der Waals surface area (Å²) in [6.45, 7) is 1.73. The van der Waals surface area contributed by atoms with Crippen LogP contribution in [0.2, 0.25) is 10.0 Å². The van der Waals surface area contributed by atoms with Gasteiger partial charge in [-0.15, -0.1) is 0 Å². The summed E-state index contributed by atoms with van der Waals surface area (Å²) in [6.07, 6.45) is 1.21. The number of carbonyl (C=O) groups is 2. The highest BCUT2D eigenvalue weighted by Gasteiger charge is 2.23. The third-order valence-electron chi connectivity index (χ3n) is 3.14. The highest BCUT2D eigenvalue weighted by molar-refractivity contribution is 6.39. The Balaban J connectivity index is 2.34. The summed E-state index contributed by atoms with van der Waals surface area (Å²) < 4.78 is 17.9. The van der Waals surface area contributed by atoms with Gasteiger partial charge in [-0.25, -0.2) is 9.18 Å². The minimum Gasteiger partial charge on any atom is -0.462 e. The quantitative estimate of drug-likeness (QED) is 0.255. The molecule has 2 aromatic carbocycles. The summed E-state index contributed by atoms with van der Waals surface area (Å²) in [6, 6.07) is 9.76. The molecule has 2 rings (SSSR count). The Labute approximate surface area is 154 Å². The van der Waals surface area contributed by atoms with Gasteiger partial charge in [0.05, 0.1) is 11.6 Å². The largest absolute Gasteiger partial charge is 0.462 e. The van der Waals surface area contributed by atoms with Gasteiger partial charge < -0.3 is 10.1 Å². The van der Waals surface area contributed by atoms with E-state index in [-0.39, 0.29) is 22.8 Å². The molecular weight excluding hydrogens is 368 g/mol. The van der Waals surface area contributed by atoms with Crippen molar-refractivity contribution in [1.82, 2.24) is 0 Å². The predicted octanol–water partition coefficient (Wildman–Crippen LogP) is 4.87. The number of nitrogens with one attached hydrogen (secondary N) is 1. The minimum absolute atomic E-state index is 0.106. The van der Waals surface area contributed by atoms with Crippen molar-refractivity contribution in [2.24, 2.45) is 0 Å². The Morgan fingerprint density at radius 3 is 2.44 bits per heavy atom. The van der Waals surface area contributed by atoms with Crippen LogP contribution in [0.15, 0.2) is 54.2 Å². The molecule has 1 N–H and O–H groups in total. The van der Waals surface area contributed by atoms with E-state index in [1.165, 1.54) is 48.7 Å². The van der Waals surface area contributed by atoms with E-state index in [4.69, 9.17) is 27.9 Å². The van der Waals surface area contributed by atoms with Crippen LogP contribution in [-0.2, 0) is 9.53 Å². The lowest BCUT2D eigenvalue weighted by atomic mass is 10.0. The fourth-order valence-corrected chi connectivity index (χ4v) is 2.44. The number of hydrogen-bond acceptors (Lipinski definition) is 4. The van der Waals surface area contributed by atoms with Crippen molar-refractivity contribution < 1.29 is 18.7 Å². The number of benzene rings is 2. The van der Waals surface area contributed by atoms with Crippen molar-refractivity contribution in [2.45, 2.75) is 6.92 Å². The molecule has 0 aliphatic heterocycles. The first kappa shape index (κ1) is 19.0. The van der Waals surface area contributed by atoms with Crippen molar-refractivity contribution in [1.29, 1.82) is 0 Å². The molecule has 0 bridgehead atoms. The molecule has 0 saturated carbocycles. The van der Waals surface area contributed by atoms with Crippen molar-refractivity contribution in [3.63, 3.8) is 0 Å². The van der Waals surface area contributed by atoms with Gasteiger partial charge in [0.1, 0.15) is 11.4 Å². The van der Waals surface area contributed by atoms with Gasteiger partial charge in [-0.1, -0.05) is 23.2 Å². The SMILES string of the molecule is CCOC(=O)C(=CNc1ccc(F)cc1)C(=O)c1ccc(Cl)cc1Cl. The summed E-state index contributed by atoms with van der Waals surface area (Å²) in [4.78, 5) is 24.8. The zero-order chi connectivity index (χ0) is 18.4. The summed E-state index contributed by atoms with van der Waals surface area (Å²) in [5.41, 5.74) is 0.375. The van der Waals surface area contributed by atoms with E-state index in [9.17, 15) is 14.0 Å². The first-order valence-corrected chi connectivity index (χ1v) is 8.07. The van der Waals surface area contributed by atoms with Gasteiger partial charge in [-0.2, -0.15) is 0 Å². The number of carbonyl (C=O) groups excluding carboxylic acids is 2. The van der Waals surface area contributed by atoms with E-state index in [0.717, 1.165) is 0 Å². The topological polar surface area (TPSA) is 55.4 Å². The summed E-state index contributed by atoms with van der Waals surface area (Å²) >= 11 is 11.9. The number of rotatable bonds is 6. The van der Waals surface area contributed by atoms with Crippen molar-refractivity contribution in [2.75, 3.05) is 11.9 Å². The second-order valence-electron chi connectivity index (χ2n) is 4.88. The molecule has 4 nitrogen and oxygen atoms in total. The van der Waals surface area contributed by atoms with Crippen LogP contribution in [0.3, 0.4) is 0 Å². The number of hydrogen-bond donors (Lipinski definition) is 1. The van der Waals surface area contributed by atoms with E-state index in [1.54, 1.807) is 6.92 Å². The molecule has 0 fully saturated rings. The van der Waals surface area contributed by atoms with Gasteiger partial charge in [-0.3, -0.25) is 4.79 Å². The molecule has 0 aromatic heterocycles. The van der Waals surface area contributed by atoms with Gasteiger partial charge in [0, 0.05) is 22.5 Å². The third-order valence-corrected chi connectivity index (χ3v) is 3.69. The molecule has 0 radical (unpaired) electrons. The molecule has 2 aromatic rings. The normalized spacial score (nSPS) is 11.1. The van der Waals surface area contributed by atoms with Gasteiger partial charge in [0.25, 0.3) is 0 Å². The number of ketones is 1. The zero-order valence-corrected chi connectivity index (χ0v) is 14.7. The van der Waals surface area contributed by atoms with E-state index >= 15 is 0 Å². The Kier molecular flexibility index (Phi) is 6.56. The van der Waals surface area contributed by atoms with Crippen LogP contribution in [0.4, 0.5) is 10.1 Å². The molecule has 0 amide bonds. The number of ether oxygens (including phenoxy) is 1. The number of Topliss-reactive ketones (excluding diaryl/α,β-unsaturated/α-hetero) is 1. The van der Waals surface area contributed by atoms with Crippen LogP contribution in [-0.4, -0.2) is 18.4 Å². The van der Waals surface area contributed by atoms with E-state index in [2.05, 4.69) is 5.32 Å². The maximum Gasteiger partial charge on any atom is 0.343 e. The molecule has 130 valence electrons. The molecule has 0 atom stereocenters. The standard InChI is InChI=1S/C18H14Cl2FNO3/c1-2-25-18(24)15(10-22-13-6-4-12(21)5-7-13)17(23)14-8-3-11(19)9-16(14)20/h3-10,22H,2H2,1H3. The second kappa shape index (κ2) is 8.65. The first-order chi connectivity index (χ1) is 11.9. The van der Waals surface area contributed by atoms with Crippen molar-refractivity contribution >= 4 is 40.6 Å². The summed E-state index contributed by atoms with van der Waals surface area (Å²) in [7, 11) is 0. The fraction of sp³-hybridized carbons (Fsp3) is 0.111.